The summed E-state index contributed by atoms with van der Waals surface area (Å²) in [6.07, 6.45) is 2.15. The maximum Gasteiger partial charge on any atom is 0.340 e. The van der Waals surface area contributed by atoms with Crippen molar-refractivity contribution in [1.82, 2.24) is 0 Å². The first kappa shape index (κ1) is 13.5. The number of ether oxygens (including phenoxy) is 1. The summed E-state index contributed by atoms with van der Waals surface area (Å²) in [5.41, 5.74) is 5.23. The molecule has 1 aliphatic rings. The standard InChI is InChI=1S/C10H11N5O3/c1-18-9(17)7(3-12)5-14-10-13-4-6(2-11)8(16)15-10/h3-6,8,16H,12H2,1H3/b7-3+,14-5+. The summed E-state index contributed by atoms with van der Waals surface area (Å²) in [4.78, 5) is 22.3. The molecule has 0 radical (unpaired) electrons. The summed E-state index contributed by atoms with van der Waals surface area (Å²) in [7, 11) is 1.21. The first-order valence-electron chi connectivity index (χ1n) is 4.86. The number of rotatable bonds is 2. The Morgan fingerprint density at radius 2 is 2.50 bits per heavy atom. The molecule has 18 heavy (non-hydrogen) atoms. The Morgan fingerprint density at radius 1 is 1.78 bits per heavy atom. The number of carbonyl (C=O) groups is 1. The molecule has 0 aromatic heterocycles. The highest BCUT2D eigenvalue weighted by atomic mass is 16.5. The number of nitrogens with zero attached hydrogens (tertiary/aromatic N) is 4. The highest BCUT2D eigenvalue weighted by molar-refractivity contribution is 6.12. The van der Waals surface area contributed by atoms with E-state index >= 15 is 0 Å². The minimum absolute atomic E-state index is 0.0206. The van der Waals surface area contributed by atoms with E-state index in [0.717, 1.165) is 12.4 Å². The summed E-state index contributed by atoms with van der Waals surface area (Å²) in [5, 5.41) is 18.0. The number of methoxy groups -OCH3 is 1. The summed E-state index contributed by atoms with van der Waals surface area (Å²) in [6.45, 7) is 0. The third-order valence-corrected chi connectivity index (χ3v) is 1.99. The van der Waals surface area contributed by atoms with Crippen molar-refractivity contribution in [2.75, 3.05) is 7.11 Å². The van der Waals surface area contributed by atoms with Gasteiger partial charge in [-0.2, -0.15) is 5.26 Å². The number of guanidine groups is 1. The minimum Gasteiger partial charge on any atom is -0.465 e. The largest absolute Gasteiger partial charge is 0.465 e. The molecule has 0 aromatic carbocycles. The first-order valence-corrected chi connectivity index (χ1v) is 4.86. The predicted molar refractivity (Wildman–Crippen MR) is 63.8 cm³/mol. The van der Waals surface area contributed by atoms with E-state index in [0.29, 0.717) is 0 Å². The molecule has 3 N–H and O–H groups in total. The summed E-state index contributed by atoms with van der Waals surface area (Å²) < 4.78 is 4.45. The first-order chi connectivity index (χ1) is 8.62. The van der Waals surface area contributed by atoms with E-state index in [1.807, 2.05) is 6.07 Å². The zero-order chi connectivity index (χ0) is 13.5. The number of aliphatic hydroxyl groups excluding tert-OH is 1. The van der Waals surface area contributed by atoms with Crippen LogP contribution in [-0.4, -0.2) is 42.8 Å². The number of hydrogen-bond acceptors (Lipinski definition) is 8. The van der Waals surface area contributed by atoms with Crippen LogP contribution in [0, 0.1) is 17.2 Å². The smallest absolute Gasteiger partial charge is 0.340 e. The molecule has 0 amide bonds. The SMILES string of the molecule is COC(=O)C(/C=N/C1=NC(O)C(C#N)C=N1)=C/N. The Morgan fingerprint density at radius 3 is 3.00 bits per heavy atom. The number of carbonyl (C=O) groups excluding carboxylic acids is 1. The van der Waals surface area contributed by atoms with Crippen molar-refractivity contribution >= 4 is 24.4 Å². The zero-order valence-corrected chi connectivity index (χ0v) is 9.52. The molecule has 8 nitrogen and oxygen atoms in total. The third-order valence-electron chi connectivity index (χ3n) is 1.99. The fourth-order valence-electron chi connectivity index (χ4n) is 1.03. The number of aliphatic hydroxyl groups is 1. The van der Waals surface area contributed by atoms with Gasteiger partial charge < -0.3 is 15.6 Å². The molecule has 94 valence electrons. The van der Waals surface area contributed by atoms with Crippen molar-refractivity contribution in [2.24, 2.45) is 26.6 Å². The van der Waals surface area contributed by atoms with Crippen molar-refractivity contribution in [3.63, 3.8) is 0 Å². The Kier molecular flexibility index (Phi) is 4.71. The van der Waals surface area contributed by atoms with Gasteiger partial charge in [0.2, 0.25) is 5.96 Å². The summed E-state index contributed by atoms with van der Waals surface area (Å²) in [5.74, 6) is -1.51. The normalized spacial score (nSPS) is 23.6. The lowest BCUT2D eigenvalue weighted by Crippen LogP contribution is -2.23. The van der Waals surface area contributed by atoms with Crippen LogP contribution in [0.1, 0.15) is 0 Å². The van der Waals surface area contributed by atoms with Gasteiger partial charge in [0.1, 0.15) is 5.92 Å². The average Bonchev–Trinajstić information content (AvgIpc) is 2.39. The monoisotopic (exact) mass is 249 g/mol. The van der Waals surface area contributed by atoms with Crippen LogP contribution in [-0.2, 0) is 9.53 Å². The highest BCUT2D eigenvalue weighted by Gasteiger charge is 2.20. The second kappa shape index (κ2) is 6.27. The molecule has 0 saturated heterocycles. The van der Waals surface area contributed by atoms with E-state index in [-0.39, 0.29) is 11.5 Å². The van der Waals surface area contributed by atoms with Crippen molar-refractivity contribution in [3.8, 4) is 6.07 Å². The van der Waals surface area contributed by atoms with Gasteiger partial charge in [0, 0.05) is 18.6 Å². The molecule has 1 rings (SSSR count). The lowest BCUT2D eigenvalue weighted by Gasteiger charge is -2.11. The molecule has 0 saturated carbocycles. The van der Waals surface area contributed by atoms with Gasteiger partial charge >= 0.3 is 5.97 Å². The van der Waals surface area contributed by atoms with E-state index < -0.39 is 18.1 Å². The molecule has 0 bridgehead atoms. The van der Waals surface area contributed by atoms with Gasteiger partial charge in [0.25, 0.3) is 0 Å². The van der Waals surface area contributed by atoms with Gasteiger partial charge in [0.05, 0.1) is 18.8 Å². The number of aliphatic imine (C=N–C) groups is 3. The Labute approximate surface area is 103 Å². The maximum absolute atomic E-state index is 11.1. The van der Waals surface area contributed by atoms with E-state index in [1.165, 1.54) is 13.3 Å². The molecule has 1 heterocycles. The van der Waals surface area contributed by atoms with Gasteiger partial charge in [-0.05, 0) is 0 Å². The quantitative estimate of drug-likeness (QED) is 0.366. The Bertz CT molecular complexity index is 486. The molecule has 8 heteroatoms. The van der Waals surface area contributed by atoms with Gasteiger partial charge in [-0.25, -0.2) is 19.8 Å². The van der Waals surface area contributed by atoms with Gasteiger partial charge in [-0.15, -0.1) is 0 Å². The van der Waals surface area contributed by atoms with Gasteiger partial charge in [0.15, 0.2) is 6.23 Å². The summed E-state index contributed by atoms with van der Waals surface area (Å²) in [6, 6.07) is 1.81. The van der Waals surface area contributed by atoms with Crippen molar-refractivity contribution in [2.45, 2.75) is 6.23 Å². The molecule has 0 spiro atoms. The van der Waals surface area contributed by atoms with E-state index in [1.54, 1.807) is 0 Å². The maximum atomic E-state index is 11.1. The molecule has 0 aromatic rings. The van der Waals surface area contributed by atoms with Gasteiger partial charge in [-0.3, -0.25) is 0 Å². The molecule has 2 unspecified atom stereocenters. The van der Waals surface area contributed by atoms with E-state index in [9.17, 15) is 9.90 Å². The lowest BCUT2D eigenvalue weighted by atomic mass is 10.1. The van der Waals surface area contributed by atoms with Crippen LogP contribution < -0.4 is 5.73 Å². The predicted octanol–water partition coefficient (Wildman–Crippen LogP) is -1.03. The zero-order valence-electron chi connectivity index (χ0n) is 9.52. The molecular weight excluding hydrogens is 238 g/mol. The minimum atomic E-state index is -1.22. The van der Waals surface area contributed by atoms with Gasteiger partial charge in [-0.1, -0.05) is 0 Å². The molecule has 1 aliphatic heterocycles. The van der Waals surface area contributed by atoms with E-state index in [2.05, 4.69) is 19.7 Å². The molecular formula is C10H11N5O3. The second-order valence-electron chi connectivity index (χ2n) is 3.15. The van der Waals surface area contributed by atoms with Crippen molar-refractivity contribution < 1.29 is 14.6 Å². The highest BCUT2D eigenvalue weighted by Crippen LogP contribution is 2.08. The number of nitriles is 1. The van der Waals surface area contributed by atoms with Crippen LogP contribution in [0.3, 0.4) is 0 Å². The molecule has 2 atom stereocenters. The Balaban J connectivity index is 2.79. The average molecular weight is 249 g/mol. The van der Waals surface area contributed by atoms with Crippen molar-refractivity contribution in [1.29, 1.82) is 5.26 Å². The van der Waals surface area contributed by atoms with Crippen LogP contribution in [0.4, 0.5) is 0 Å². The fraction of sp³-hybridized carbons (Fsp3) is 0.300. The van der Waals surface area contributed by atoms with Crippen LogP contribution in [0.15, 0.2) is 26.8 Å². The second-order valence-corrected chi connectivity index (χ2v) is 3.15. The summed E-state index contributed by atoms with van der Waals surface area (Å²) >= 11 is 0. The molecule has 0 fully saturated rings. The van der Waals surface area contributed by atoms with Crippen LogP contribution in [0.25, 0.3) is 0 Å². The topological polar surface area (TPSA) is 133 Å². The Hall–Kier alpha value is -2.53. The van der Waals surface area contributed by atoms with Crippen LogP contribution >= 0.6 is 0 Å². The molecule has 0 aliphatic carbocycles. The van der Waals surface area contributed by atoms with E-state index in [4.69, 9.17) is 11.0 Å². The van der Waals surface area contributed by atoms with Crippen molar-refractivity contribution in [3.05, 3.63) is 11.8 Å². The number of hydrogen-bond donors (Lipinski definition) is 2. The van der Waals surface area contributed by atoms with Crippen LogP contribution in [0.2, 0.25) is 0 Å². The fourth-order valence-corrected chi connectivity index (χ4v) is 1.03. The number of nitrogens with two attached hydrogens (primary N) is 1. The lowest BCUT2D eigenvalue weighted by molar-refractivity contribution is -0.135. The number of esters is 1. The van der Waals surface area contributed by atoms with Crippen LogP contribution in [0.5, 0.6) is 0 Å². The third kappa shape index (κ3) is 3.23.